The van der Waals surface area contributed by atoms with E-state index in [0.29, 0.717) is 0 Å². The Kier molecular flexibility index (Phi) is 3.11. The molecule has 5 heteroatoms. The molecule has 0 amide bonds. The average Bonchev–Trinajstić information content (AvgIpc) is 2.12. The number of Topliss-reactive ketones (excluding diaryl/α,β-unsaturated/α-hetero) is 1. The molecule has 0 bridgehead atoms. The van der Waals surface area contributed by atoms with Gasteiger partial charge in [0.05, 0.1) is 11.0 Å². The van der Waals surface area contributed by atoms with E-state index in [1.165, 1.54) is 6.07 Å². The molecule has 70 valence electrons. The van der Waals surface area contributed by atoms with E-state index in [0.717, 1.165) is 6.07 Å². The molecule has 2 N–H and O–H groups in total. The Morgan fingerprint density at radius 1 is 1.46 bits per heavy atom. The number of hydrogen-bond donors (Lipinski definition) is 1. The second kappa shape index (κ2) is 3.93. The fourth-order valence-electron chi connectivity index (χ4n) is 0.834. The third-order valence-electron chi connectivity index (χ3n) is 1.49. The summed E-state index contributed by atoms with van der Waals surface area (Å²) in [4.78, 5) is 11.0. The second-order valence-corrected chi connectivity index (χ2v) is 3.24. The molecule has 0 saturated heterocycles. The molecule has 1 aromatic carbocycles. The lowest BCUT2D eigenvalue weighted by Gasteiger charge is -2.01. The maximum atomic E-state index is 12.7. The molecular weight excluding hydrogens is 244 g/mol. The number of rotatable bonds is 2. The van der Waals surface area contributed by atoms with Gasteiger partial charge in [0, 0.05) is 5.56 Å². The van der Waals surface area contributed by atoms with Gasteiger partial charge in [-0.15, -0.1) is 0 Å². The van der Waals surface area contributed by atoms with Crippen LogP contribution in [0.5, 0.6) is 0 Å². The van der Waals surface area contributed by atoms with Crippen LogP contribution in [0.25, 0.3) is 0 Å². The fraction of sp³-hybridized carbons (Fsp3) is 0.125. The fourth-order valence-corrected chi connectivity index (χ4v) is 1.27. The van der Waals surface area contributed by atoms with Gasteiger partial charge in [-0.1, -0.05) is 0 Å². The van der Waals surface area contributed by atoms with Gasteiger partial charge in [-0.25, -0.2) is 8.78 Å². The van der Waals surface area contributed by atoms with Gasteiger partial charge in [0.15, 0.2) is 17.4 Å². The van der Waals surface area contributed by atoms with Gasteiger partial charge >= 0.3 is 0 Å². The predicted octanol–water partition coefficient (Wildman–Crippen LogP) is 1.87. The number of carbonyl (C=O) groups excluding carboxylic acids is 1. The first-order valence-corrected chi connectivity index (χ1v) is 4.23. The van der Waals surface area contributed by atoms with Crippen LogP contribution in [0.15, 0.2) is 16.6 Å². The molecule has 0 aromatic heterocycles. The van der Waals surface area contributed by atoms with Crippen LogP contribution >= 0.6 is 15.9 Å². The van der Waals surface area contributed by atoms with E-state index in [1.54, 1.807) is 0 Å². The lowest BCUT2D eigenvalue weighted by atomic mass is 10.1. The minimum Gasteiger partial charge on any atom is -0.324 e. The molecule has 0 radical (unpaired) electrons. The smallest absolute Gasteiger partial charge is 0.176 e. The summed E-state index contributed by atoms with van der Waals surface area (Å²) in [7, 11) is 0. The molecule has 0 spiro atoms. The van der Waals surface area contributed by atoms with Gasteiger partial charge in [-0.2, -0.15) is 0 Å². The van der Waals surface area contributed by atoms with E-state index < -0.39 is 17.4 Å². The van der Waals surface area contributed by atoms with Crippen molar-refractivity contribution in [2.24, 2.45) is 5.73 Å². The van der Waals surface area contributed by atoms with Crippen molar-refractivity contribution in [2.45, 2.75) is 0 Å². The minimum atomic E-state index is -1.06. The predicted molar refractivity (Wildman–Crippen MR) is 47.4 cm³/mol. The summed E-state index contributed by atoms with van der Waals surface area (Å²) in [6.07, 6.45) is 0. The Morgan fingerprint density at radius 2 is 2.08 bits per heavy atom. The number of hydrogen-bond acceptors (Lipinski definition) is 2. The molecule has 0 heterocycles. The van der Waals surface area contributed by atoms with Gasteiger partial charge in [0.2, 0.25) is 0 Å². The Balaban J connectivity index is 3.20. The summed E-state index contributed by atoms with van der Waals surface area (Å²) in [6, 6.07) is 2.03. The van der Waals surface area contributed by atoms with Crippen molar-refractivity contribution in [1.29, 1.82) is 0 Å². The van der Waals surface area contributed by atoms with Crippen molar-refractivity contribution in [1.82, 2.24) is 0 Å². The average molecular weight is 250 g/mol. The van der Waals surface area contributed by atoms with Crippen LogP contribution in [-0.4, -0.2) is 12.3 Å². The first kappa shape index (κ1) is 10.3. The van der Waals surface area contributed by atoms with Crippen LogP contribution in [0.1, 0.15) is 10.4 Å². The topological polar surface area (TPSA) is 43.1 Å². The van der Waals surface area contributed by atoms with Crippen molar-refractivity contribution < 1.29 is 13.6 Å². The van der Waals surface area contributed by atoms with Gasteiger partial charge in [-0.3, -0.25) is 4.79 Å². The molecule has 0 aliphatic rings. The number of carbonyl (C=O) groups is 1. The number of ketones is 1. The molecule has 0 saturated carbocycles. The third-order valence-corrected chi connectivity index (χ3v) is 2.07. The first-order chi connectivity index (χ1) is 6.06. The summed E-state index contributed by atoms with van der Waals surface area (Å²) in [6.45, 7) is -0.225. The highest BCUT2D eigenvalue weighted by Gasteiger charge is 2.12. The van der Waals surface area contributed by atoms with E-state index in [4.69, 9.17) is 5.73 Å². The number of benzene rings is 1. The molecular formula is C8H6BrF2NO. The van der Waals surface area contributed by atoms with Crippen molar-refractivity contribution in [3.63, 3.8) is 0 Å². The molecule has 1 rings (SSSR count). The molecule has 2 nitrogen and oxygen atoms in total. The lowest BCUT2D eigenvalue weighted by Crippen LogP contribution is -2.14. The zero-order valence-corrected chi connectivity index (χ0v) is 8.07. The number of halogens is 3. The second-order valence-electron chi connectivity index (χ2n) is 2.38. The standard InChI is InChI=1S/C8H6BrF2NO/c9-5-1-4(7(13)3-12)2-6(10)8(5)11/h1-2H,3,12H2. The first-order valence-electron chi connectivity index (χ1n) is 3.44. The zero-order chi connectivity index (χ0) is 10.0. The van der Waals surface area contributed by atoms with Gasteiger partial charge in [0.1, 0.15) is 0 Å². The highest BCUT2D eigenvalue weighted by Crippen LogP contribution is 2.20. The van der Waals surface area contributed by atoms with E-state index in [9.17, 15) is 13.6 Å². The molecule has 1 aromatic rings. The summed E-state index contributed by atoms with van der Waals surface area (Å²) >= 11 is 2.79. The van der Waals surface area contributed by atoms with Crippen molar-refractivity contribution in [3.05, 3.63) is 33.8 Å². The zero-order valence-electron chi connectivity index (χ0n) is 6.48. The van der Waals surface area contributed by atoms with Crippen LogP contribution in [0.2, 0.25) is 0 Å². The molecule has 0 fully saturated rings. The Morgan fingerprint density at radius 3 is 2.54 bits per heavy atom. The Hall–Kier alpha value is -0.810. The van der Waals surface area contributed by atoms with E-state index in [1.807, 2.05) is 0 Å². The van der Waals surface area contributed by atoms with E-state index in [2.05, 4.69) is 15.9 Å². The molecule has 13 heavy (non-hydrogen) atoms. The summed E-state index contributed by atoms with van der Waals surface area (Å²) in [5.74, 6) is -2.50. The lowest BCUT2D eigenvalue weighted by molar-refractivity contribution is 0.100. The van der Waals surface area contributed by atoms with Crippen molar-refractivity contribution in [3.8, 4) is 0 Å². The monoisotopic (exact) mass is 249 g/mol. The largest absolute Gasteiger partial charge is 0.324 e. The maximum absolute atomic E-state index is 12.7. The molecule has 0 unspecified atom stereocenters. The number of nitrogens with two attached hydrogens (primary N) is 1. The van der Waals surface area contributed by atoms with Crippen LogP contribution < -0.4 is 5.73 Å². The highest BCUT2D eigenvalue weighted by atomic mass is 79.9. The Labute approximate surface area is 81.9 Å². The van der Waals surface area contributed by atoms with Crippen LogP contribution in [0, 0.1) is 11.6 Å². The molecule has 0 aliphatic carbocycles. The summed E-state index contributed by atoms with van der Waals surface area (Å²) in [5.41, 5.74) is 5.12. The SMILES string of the molecule is NCC(=O)c1cc(F)c(F)c(Br)c1. The van der Waals surface area contributed by atoms with Crippen molar-refractivity contribution in [2.75, 3.05) is 6.54 Å². The van der Waals surface area contributed by atoms with Crippen LogP contribution in [-0.2, 0) is 0 Å². The van der Waals surface area contributed by atoms with Crippen LogP contribution in [0.3, 0.4) is 0 Å². The van der Waals surface area contributed by atoms with Crippen molar-refractivity contribution >= 4 is 21.7 Å². The molecule has 0 atom stereocenters. The Bertz CT molecular complexity index is 331. The summed E-state index contributed by atoms with van der Waals surface area (Å²) in [5, 5.41) is 0. The maximum Gasteiger partial charge on any atom is 0.176 e. The third kappa shape index (κ3) is 2.10. The summed E-state index contributed by atoms with van der Waals surface area (Å²) < 4.78 is 25.4. The quantitative estimate of drug-likeness (QED) is 0.643. The van der Waals surface area contributed by atoms with Gasteiger partial charge in [0.25, 0.3) is 0 Å². The van der Waals surface area contributed by atoms with Gasteiger partial charge < -0.3 is 5.73 Å². The minimum absolute atomic E-state index is 0.0632. The normalized spacial score (nSPS) is 10.2. The highest BCUT2D eigenvalue weighted by molar-refractivity contribution is 9.10. The molecule has 0 aliphatic heterocycles. The van der Waals surface area contributed by atoms with Crippen LogP contribution in [0.4, 0.5) is 8.78 Å². The van der Waals surface area contributed by atoms with E-state index in [-0.39, 0.29) is 16.6 Å². The van der Waals surface area contributed by atoms with E-state index >= 15 is 0 Å². The van der Waals surface area contributed by atoms with Gasteiger partial charge in [-0.05, 0) is 28.1 Å².